The molecule has 1 aromatic rings. The Kier molecular flexibility index (Phi) is 6.14. The molecule has 1 aromatic carbocycles. The number of morpholine rings is 1. The molecule has 10 heteroatoms. The number of rotatable bonds is 5. The van der Waals surface area contributed by atoms with Crippen molar-refractivity contribution in [3.63, 3.8) is 0 Å². The van der Waals surface area contributed by atoms with E-state index in [9.17, 15) is 22.8 Å². The van der Waals surface area contributed by atoms with Crippen molar-refractivity contribution in [1.29, 1.82) is 0 Å². The maximum atomic E-state index is 13.0. The van der Waals surface area contributed by atoms with Crippen LogP contribution in [-0.4, -0.2) is 72.7 Å². The first kappa shape index (κ1) is 21.9. The lowest BCUT2D eigenvalue weighted by Gasteiger charge is -2.34. The Bertz CT molecular complexity index is 989. The van der Waals surface area contributed by atoms with E-state index in [1.54, 1.807) is 12.1 Å². The summed E-state index contributed by atoms with van der Waals surface area (Å²) in [7, 11) is -3.70. The zero-order valence-corrected chi connectivity index (χ0v) is 18.3. The number of imide groups is 2. The fourth-order valence-corrected chi connectivity index (χ4v) is 6.04. The second kappa shape index (κ2) is 8.68. The molecule has 4 rings (SSSR count). The van der Waals surface area contributed by atoms with E-state index in [1.165, 1.54) is 16.4 Å². The third kappa shape index (κ3) is 4.11. The molecule has 4 amide bonds. The Hall–Kier alpha value is -2.30. The van der Waals surface area contributed by atoms with Gasteiger partial charge in [0.1, 0.15) is 0 Å². The fourth-order valence-electron chi connectivity index (χ4n) is 4.56. The van der Waals surface area contributed by atoms with Crippen molar-refractivity contribution in [3.8, 4) is 0 Å². The summed E-state index contributed by atoms with van der Waals surface area (Å²) in [4.78, 5) is 40.3. The number of carbonyl (C=O) groups excluding carboxylic acids is 3. The van der Waals surface area contributed by atoms with Crippen LogP contribution >= 0.6 is 0 Å². The average molecular weight is 450 g/mol. The molecular formula is C21H27N3O6S. The highest BCUT2D eigenvalue weighted by molar-refractivity contribution is 7.89. The third-order valence-corrected chi connectivity index (χ3v) is 8.22. The summed E-state index contributed by atoms with van der Waals surface area (Å²) in [6.45, 7) is 3.09. The van der Waals surface area contributed by atoms with Crippen molar-refractivity contribution in [2.75, 3.05) is 26.3 Å². The summed E-state index contributed by atoms with van der Waals surface area (Å²) in [5, 5.41) is 0. The molecule has 31 heavy (non-hydrogen) atoms. The van der Waals surface area contributed by atoms with Gasteiger partial charge in [-0.25, -0.2) is 13.2 Å². The first-order valence-corrected chi connectivity index (χ1v) is 12.1. The van der Waals surface area contributed by atoms with Gasteiger partial charge in [-0.15, -0.1) is 0 Å². The van der Waals surface area contributed by atoms with Gasteiger partial charge in [0.2, 0.25) is 10.0 Å². The maximum absolute atomic E-state index is 13.0. The van der Waals surface area contributed by atoms with Crippen LogP contribution in [0.1, 0.15) is 38.2 Å². The number of ether oxygens (including phenoxy) is 1. The van der Waals surface area contributed by atoms with Crippen molar-refractivity contribution in [3.05, 3.63) is 29.8 Å². The normalized spacial score (nSPS) is 26.0. The SMILES string of the molecule is C[C@@H]1CCCC[C@@H]1N1C(=O)C(=O)N(Cc2cccc(S(=O)(=O)N3CCOCC3)c2)C1=O. The van der Waals surface area contributed by atoms with Crippen molar-refractivity contribution >= 4 is 27.9 Å². The first-order chi connectivity index (χ1) is 14.8. The predicted octanol–water partition coefficient (Wildman–Crippen LogP) is 1.58. The second-order valence-corrected chi connectivity index (χ2v) is 10.3. The molecule has 0 bridgehead atoms. The Labute approximate surface area is 182 Å². The smallest absolute Gasteiger partial charge is 0.334 e. The lowest BCUT2D eigenvalue weighted by Crippen LogP contribution is -2.46. The number of amides is 4. The van der Waals surface area contributed by atoms with E-state index in [4.69, 9.17) is 4.74 Å². The van der Waals surface area contributed by atoms with Gasteiger partial charge in [0.15, 0.2) is 0 Å². The average Bonchev–Trinajstić information content (AvgIpc) is 2.98. The van der Waals surface area contributed by atoms with Gasteiger partial charge in [-0.05, 0) is 36.5 Å². The molecule has 0 N–H and O–H groups in total. The summed E-state index contributed by atoms with van der Waals surface area (Å²) < 4.78 is 32.4. The van der Waals surface area contributed by atoms with Crippen LogP contribution in [0.2, 0.25) is 0 Å². The van der Waals surface area contributed by atoms with Gasteiger partial charge in [-0.3, -0.25) is 19.4 Å². The summed E-state index contributed by atoms with van der Waals surface area (Å²) in [6.07, 6.45) is 3.59. The molecular weight excluding hydrogens is 422 g/mol. The quantitative estimate of drug-likeness (QED) is 0.499. The molecule has 3 fully saturated rings. The highest BCUT2D eigenvalue weighted by atomic mass is 32.2. The standard InChI is InChI=1S/C21H27N3O6S/c1-15-5-2-3-8-18(15)24-20(26)19(25)23(21(24)27)14-16-6-4-7-17(13-16)31(28,29)22-9-11-30-12-10-22/h4,6-7,13,15,18H,2-3,5,8-12,14H2,1H3/t15-,18+/m1/s1. The van der Waals surface area contributed by atoms with E-state index >= 15 is 0 Å². The van der Waals surface area contributed by atoms with Gasteiger partial charge in [0, 0.05) is 19.1 Å². The summed E-state index contributed by atoms with van der Waals surface area (Å²) >= 11 is 0. The van der Waals surface area contributed by atoms with Crippen LogP contribution < -0.4 is 0 Å². The fraction of sp³-hybridized carbons (Fsp3) is 0.571. The van der Waals surface area contributed by atoms with Gasteiger partial charge in [0.25, 0.3) is 0 Å². The zero-order valence-electron chi connectivity index (χ0n) is 17.5. The number of carbonyl (C=O) groups is 3. The van der Waals surface area contributed by atoms with Crippen LogP contribution in [0, 0.1) is 5.92 Å². The molecule has 2 aliphatic heterocycles. The lowest BCUT2D eigenvalue weighted by molar-refractivity contribution is -0.144. The van der Waals surface area contributed by atoms with Gasteiger partial charge in [-0.1, -0.05) is 31.9 Å². The van der Waals surface area contributed by atoms with Crippen molar-refractivity contribution in [1.82, 2.24) is 14.1 Å². The summed E-state index contributed by atoms with van der Waals surface area (Å²) in [5.41, 5.74) is 0.474. The molecule has 0 spiro atoms. The highest BCUT2D eigenvalue weighted by Crippen LogP contribution is 2.31. The van der Waals surface area contributed by atoms with Gasteiger partial charge >= 0.3 is 17.8 Å². The minimum Gasteiger partial charge on any atom is -0.379 e. The summed E-state index contributed by atoms with van der Waals surface area (Å²) in [5.74, 6) is -1.50. The minimum absolute atomic E-state index is 0.0927. The van der Waals surface area contributed by atoms with Crippen LogP contribution in [0.3, 0.4) is 0 Å². The number of nitrogens with zero attached hydrogens (tertiary/aromatic N) is 3. The molecule has 9 nitrogen and oxygen atoms in total. The number of hydrogen-bond donors (Lipinski definition) is 0. The lowest BCUT2D eigenvalue weighted by atomic mass is 9.85. The van der Waals surface area contributed by atoms with Crippen molar-refractivity contribution in [2.45, 2.75) is 50.1 Å². The molecule has 1 aliphatic carbocycles. The van der Waals surface area contributed by atoms with Crippen molar-refractivity contribution < 1.29 is 27.5 Å². The predicted molar refractivity (Wildman–Crippen MR) is 110 cm³/mol. The van der Waals surface area contributed by atoms with Crippen LogP contribution in [-0.2, 0) is 30.9 Å². The third-order valence-electron chi connectivity index (χ3n) is 6.33. The van der Waals surface area contributed by atoms with Crippen LogP contribution in [0.4, 0.5) is 4.79 Å². The Morgan fingerprint density at radius 1 is 1.03 bits per heavy atom. The van der Waals surface area contributed by atoms with E-state index in [2.05, 4.69) is 0 Å². The molecule has 3 aliphatic rings. The Morgan fingerprint density at radius 3 is 2.45 bits per heavy atom. The molecule has 0 unspecified atom stereocenters. The molecule has 2 saturated heterocycles. The van der Waals surface area contributed by atoms with Crippen LogP contribution in [0.15, 0.2) is 29.2 Å². The number of sulfonamides is 1. The monoisotopic (exact) mass is 449 g/mol. The molecule has 168 valence electrons. The molecule has 0 aromatic heterocycles. The largest absolute Gasteiger partial charge is 0.379 e. The second-order valence-electron chi connectivity index (χ2n) is 8.34. The maximum Gasteiger partial charge on any atom is 0.334 e. The Morgan fingerprint density at radius 2 is 1.74 bits per heavy atom. The Balaban J connectivity index is 1.54. The topological polar surface area (TPSA) is 104 Å². The number of urea groups is 1. The highest BCUT2D eigenvalue weighted by Gasteiger charge is 2.49. The van der Waals surface area contributed by atoms with Gasteiger partial charge in [-0.2, -0.15) is 4.31 Å². The van der Waals surface area contributed by atoms with E-state index in [-0.39, 0.29) is 36.5 Å². The van der Waals surface area contributed by atoms with E-state index in [0.29, 0.717) is 25.2 Å². The van der Waals surface area contributed by atoms with Gasteiger partial charge in [0.05, 0.1) is 24.7 Å². The van der Waals surface area contributed by atoms with E-state index < -0.39 is 27.9 Å². The minimum atomic E-state index is -3.70. The molecule has 1 saturated carbocycles. The van der Waals surface area contributed by atoms with Crippen molar-refractivity contribution in [2.24, 2.45) is 5.92 Å². The van der Waals surface area contributed by atoms with Gasteiger partial charge < -0.3 is 4.74 Å². The number of benzene rings is 1. The first-order valence-electron chi connectivity index (χ1n) is 10.7. The number of hydrogen-bond acceptors (Lipinski definition) is 6. The van der Waals surface area contributed by atoms with E-state index in [0.717, 1.165) is 29.1 Å². The van der Waals surface area contributed by atoms with E-state index in [1.807, 2.05) is 6.92 Å². The van der Waals surface area contributed by atoms with Crippen LogP contribution in [0.5, 0.6) is 0 Å². The van der Waals surface area contributed by atoms with Crippen LogP contribution in [0.25, 0.3) is 0 Å². The molecule has 2 heterocycles. The zero-order chi connectivity index (χ0) is 22.2. The molecule has 2 atom stereocenters. The molecule has 0 radical (unpaired) electrons. The summed E-state index contributed by atoms with van der Waals surface area (Å²) in [6, 6.07) is 5.29.